The van der Waals surface area contributed by atoms with Crippen LogP contribution in [0.15, 0.2) is 65.2 Å². The smallest absolute Gasteiger partial charge is 0.264 e. The zero-order valence-corrected chi connectivity index (χ0v) is 14.5. The number of allylic oxidation sites excluding steroid dienone is 1. The van der Waals surface area contributed by atoms with Gasteiger partial charge in [0.05, 0.1) is 17.2 Å². The van der Waals surface area contributed by atoms with Gasteiger partial charge in [0.25, 0.3) is 10.0 Å². The van der Waals surface area contributed by atoms with Crippen molar-refractivity contribution in [1.29, 1.82) is 0 Å². The van der Waals surface area contributed by atoms with Crippen LogP contribution in [0, 0.1) is 0 Å². The van der Waals surface area contributed by atoms with E-state index in [1.165, 1.54) is 13.1 Å². The summed E-state index contributed by atoms with van der Waals surface area (Å²) in [6.45, 7) is 0.0536. The number of Topliss-reactive ketones (excluding diaryl/α,β-unsaturated/α-hetero) is 1. The Balaban J connectivity index is 2.26. The minimum Gasteiger partial charge on any atom is -0.395 e. The first-order valence-corrected chi connectivity index (χ1v) is 9.19. The van der Waals surface area contributed by atoms with Crippen LogP contribution in [0.1, 0.15) is 15.9 Å². The second-order valence-corrected chi connectivity index (χ2v) is 7.48. The van der Waals surface area contributed by atoms with Crippen LogP contribution < -0.4 is 5.32 Å². The zero-order valence-electron chi connectivity index (χ0n) is 13.6. The lowest BCUT2D eigenvalue weighted by molar-refractivity contribution is 0.101. The van der Waals surface area contributed by atoms with Gasteiger partial charge in [-0.05, 0) is 6.07 Å². The summed E-state index contributed by atoms with van der Waals surface area (Å²) in [5, 5.41) is 12.2. The summed E-state index contributed by atoms with van der Waals surface area (Å²) in [7, 11) is -2.47. The number of carbonyl (C=O) groups excluding carboxylic acids is 1. The molecule has 1 heterocycles. The second-order valence-electron chi connectivity index (χ2n) is 5.54. The van der Waals surface area contributed by atoms with Gasteiger partial charge >= 0.3 is 0 Å². The first kappa shape index (κ1) is 17.2. The van der Waals surface area contributed by atoms with Crippen molar-refractivity contribution in [2.45, 2.75) is 4.90 Å². The van der Waals surface area contributed by atoms with E-state index in [4.69, 9.17) is 5.11 Å². The van der Waals surface area contributed by atoms with Crippen LogP contribution >= 0.6 is 0 Å². The van der Waals surface area contributed by atoms with E-state index in [0.29, 0.717) is 16.8 Å². The van der Waals surface area contributed by atoms with E-state index in [-0.39, 0.29) is 23.7 Å². The molecule has 6 nitrogen and oxygen atoms in total. The van der Waals surface area contributed by atoms with E-state index in [1.807, 2.05) is 0 Å². The van der Waals surface area contributed by atoms with E-state index in [2.05, 4.69) is 5.32 Å². The van der Waals surface area contributed by atoms with Gasteiger partial charge in [-0.1, -0.05) is 48.5 Å². The van der Waals surface area contributed by atoms with E-state index < -0.39 is 15.8 Å². The standard InChI is InChI=1S/C18H18N2O4S/c1-20-17(18(22)13-7-3-2-4-8-13)16(19-11-12-21)14-9-5-6-10-15(14)25(20,23)24/h2-10,19,21H,11-12H2,1H3. The molecule has 3 rings (SSSR count). The summed E-state index contributed by atoms with van der Waals surface area (Å²) in [6, 6.07) is 15.0. The number of aliphatic hydroxyl groups is 1. The number of hydrogen-bond donors (Lipinski definition) is 2. The van der Waals surface area contributed by atoms with Crippen molar-refractivity contribution in [3.05, 3.63) is 71.4 Å². The number of rotatable bonds is 5. The van der Waals surface area contributed by atoms with Crippen LogP contribution in [-0.4, -0.2) is 43.8 Å². The van der Waals surface area contributed by atoms with Crippen molar-refractivity contribution in [2.24, 2.45) is 0 Å². The molecule has 0 unspecified atom stereocenters. The van der Waals surface area contributed by atoms with Crippen LogP contribution in [0.25, 0.3) is 5.70 Å². The summed E-state index contributed by atoms with van der Waals surface area (Å²) in [6.07, 6.45) is 0. The number of sulfonamides is 1. The Hall–Kier alpha value is -2.64. The summed E-state index contributed by atoms with van der Waals surface area (Å²) in [5.74, 6) is -0.401. The van der Waals surface area contributed by atoms with Crippen molar-refractivity contribution in [3.63, 3.8) is 0 Å². The maximum atomic E-state index is 13.0. The number of benzene rings is 2. The monoisotopic (exact) mass is 358 g/mol. The largest absolute Gasteiger partial charge is 0.395 e. The molecule has 0 bridgehead atoms. The highest BCUT2D eigenvalue weighted by atomic mass is 32.2. The predicted octanol–water partition coefficient (Wildman–Crippen LogP) is 1.45. The molecule has 2 aromatic carbocycles. The molecule has 0 radical (unpaired) electrons. The van der Waals surface area contributed by atoms with Gasteiger partial charge in [0.15, 0.2) is 0 Å². The van der Waals surface area contributed by atoms with Gasteiger partial charge in [-0.15, -0.1) is 0 Å². The van der Waals surface area contributed by atoms with Crippen molar-refractivity contribution < 1.29 is 18.3 Å². The molecule has 2 N–H and O–H groups in total. The predicted molar refractivity (Wildman–Crippen MR) is 94.2 cm³/mol. The lowest BCUT2D eigenvalue weighted by Crippen LogP contribution is -2.38. The van der Waals surface area contributed by atoms with Gasteiger partial charge in [0, 0.05) is 24.7 Å². The number of nitrogens with one attached hydrogen (secondary N) is 1. The van der Waals surface area contributed by atoms with Crippen LogP contribution in [-0.2, 0) is 10.0 Å². The van der Waals surface area contributed by atoms with Gasteiger partial charge in [-0.25, -0.2) is 8.42 Å². The molecule has 0 saturated heterocycles. The molecular weight excluding hydrogens is 340 g/mol. The van der Waals surface area contributed by atoms with Crippen LogP contribution in [0.4, 0.5) is 0 Å². The summed E-state index contributed by atoms with van der Waals surface area (Å²) >= 11 is 0. The van der Waals surface area contributed by atoms with Gasteiger partial charge in [-0.2, -0.15) is 0 Å². The number of ketones is 1. The Morgan fingerprint density at radius 3 is 2.40 bits per heavy atom. The van der Waals surface area contributed by atoms with Gasteiger partial charge in [0.1, 0.15) is 5.70 Å². The van der Waals surface area contributed by atoms with Gasteiger partial charge in [0.2, 0.25) is 5.78 Å². The molecule has 0 atom stereocenters. The summed E-state index contributed by atoms with van der Waals surface area (Å²) in [4.78, 5) is 13.1. The van der Waals surface area contributed by atoms with E-state index in [1.54, 1.807) is 48.5 Å². The number of likely N-dealkylation sites (N-methyl/N-ethyl adjacent to an activating group) is 1. The van der Waals surface area contributed by atoms with Crippen molar-refractivity contribution >= 4 is 21.5 Å². The normalized spacial score (nSPS) is 15.7. The third-order valence-electron chi connectivity index (χ3n) is 4.01. The SMILES string of the molecule is CN1C(C(=O)c2ccccc2)=C(NCCO)c2ccccc2S1(=O)=O. The minimum absolute atomic E-state index is 0.0401. The van der Waals surface area contributed by atoms with Crippen molar-refractivity contribution in [1.82, 2.24) is 9.62 Å². The maximum absolute atomic E-state index is 13.0. The Kier molecular flexibility index (Phi) is 4.61. The Bertz CT molecular complexity index is 937. The molecule has 0 fully saturated rings. The highest BCUT2D eigenvalue weighted by molar-refractivity contribution is 7.89. The fourth-order valence-electron chi connectivity index (χ4n) is 2.79. The molecule has 7 heteroatoms. The van der Waals surface area contributed by atoms with Gasteiger partial charge in [-0.3, -0.25) is 9.10 Å². The van der Waals surface area contributed by atoms with Crippen LogP contribution in [0.5, 0.6) is 0 Å². The number of aliphatic hydroxyl groups excluding tert-OH is 1. The fourth-order valence-corrected chi connectivity index (χ4v) is 4.20. The van der Waals surface area contributed by atoms with Gasteiger partial charge < -0.3 is 10.4 Å². The quantitative estimate of drug-likeness (QED) is 0.790. The van der Waals surface area contributed by atoms with E-state index >= 15 is 0 Å². The van der Waals surface area contributed by atoms with E-state index in [9.17, 15) is 13.2 Å². The molecule has 0 aliphatic carbocycles. The van der Waals surface area contributed by atoms with E-state index in [0.717, 1.165) is 4.31 Å². The fraction of sp³-hybridized carbons (Fsp3) is 0.167. The maximum Gasteiger partial charge on any atom is 0.264 e. The Labute approximate surface area is 146 Å². The van der Waals surface area contributed by atoms with Crippen LogP contribution in [0.2, 0.25) is 0 Å². The molecule has 25 heavy (non-hydrogen) atoms. The number of fused-ring (bicyclic) bond motifs is 1. The number of hydrogen-bond acceptors (Lipinski definition) is 5. The Morgan fingerprint density at radius 1 is 1.08 bits per heavy atom. The van der Waals surface area contributed by atoms with Crippen LogP contribution in [0.3, 0.4) is 0 Å². The summed E-state index contributed by atoms with van der Waals surface area (Å²) < 4.78 is 26.7. The lowest BCUT2D eigenvalue weighted by atomic mass is 10.0. The molecular formula is C18H18N2O4S. The molecule has 1 aliphatic heterocycles. The second kappa shape index (κ2) is 6.70. The summed E-state index contributed by atoms with van der Waals surface area (Å²) in [5.41, 5.74) is 1.25. The van der Waals surface area contributed by atoms with Crippen molar-refractivity contribution in [3.8, 4) is 0 Å². The third-order valence-corrected chi connectivity index (χ3v) is 5.83. The molecule has 0 spiro atoms. The Morgan fingerprint density at radius 2 is 1.72 bits per heavy atom. The first-order chi connectivity index (χ1) is 12.0. The third kappa shape index (κ3) is 2.92. The van der Waals surface area contributed by atoms with Crippen molar-refractivity contribution in [2.75, 3.05) is 20.2 Å². The lowest BCUT2D eigenvalue weighted by Gasteiger charge is -2.31. The molecule has 130 valence electrons. The molecule has 2 aromatic rings. The topological polar surface area (TPSA) is 86.7 Å². The highest BCUT2D eigenvalue weighted by Crippen LogP contribution is 2.35. The number of carbonyl (C=O) groups is 1. The molecule has 0 amide bonds. The minimum atomic E-state index is -3.83. The first-order valence-electron chi connectivity index (χ1n) is 7.75. The highest BCUT2D eigenvalue weighted by Gasteiger charge is 2.37. The average molecular weight is 358 g/mol. The molecule has 1 aliphatic rings. The number of nitrogens with zero attached hydrogens (tertiary/aromatic N) is 1. The molecule has 0 aromatic heterocycles. The molecule has 0 saturated carbocycles. The average Bonchev–Trinajstić information content (AvgIpc) is 2.64. The zero-order chi connectivity index (χ0) is 18.0.